The van der Waals surface area contributed by atoms with Gasteiger partial charge < -0.3 is 14.7 Å². The molecule has 0 unspecified atom stereocenters. The highest BCUT2D eigenvalue weighted by Crippen LogP contribution is 2.40. The lowest BCUT2D eigenvalue weighted by Crippen LogP contribution is -2.21. The molecule has 0 radical (unpaired) electrons. The van der Waals surface area contributed by atoms with E-state index in [2.05, 4.69) is 0 Å². The van der Waals surface area contributed by atoms with E-state index in [1.807, 2.05) is 30.5 Å². The van der Waals surface area contributed by atoms with Gasteiger partial charge in [0.1, 0.15) is 5.75 Å². The zero-order valence-corrected chi connectivity index (χ0v) is 10.6. The molecule has 88 valence electrons. The number of halogens is 1. The van der Waals surface area contributed by atoms with Crippen molar-refractivity contribution in [2.45, 2.75) is 4.90 Å². The monoisotopic (exact) mass is 268 g/mol. The molecule has 0 spiro atoms. The third-order valence-electron chi connectivity index (χ3n) is 2.34. The Kier molecular flexibility index (Phi) is 3.84. The molecule has 2 N–H and O–H groups in total. The first kappa shape index (κ1) is 12.6. The van der Waals surface area contributed by atoms with Gasteiger partial charge in [0.25, 0.3) is 0 Å². The summed E-state index contributed by atoms with van der Waals surface area (Å²) in [5, 5.41) is 20.1. The fourth-order valence-corrected chi connectivity index (χ4v) is 2.74. The number of fused-ring (bicyclic) bond motifs is 1. The summed E-state index contributed by atoms with van der Waals surface area (Å²) in [4.78, 5) is 0.793. The van der Waals surface area contributed by atoms with Crippen LogP contribution in [0.1, 0.15) is 0 Å². The Morgan fingerprint density at radius 1 is 1.29 bits per heavy atom. The topological polar surface area (TPSA) is 49.7 Å². The molecule has 0 aromatic heterocycles. The second-order valence-corrected chi connectivity index (χ2v) is 4.61. The van der Waals surface area contributed by atoms with Crippen molar-refractivity contribution >= 4 is 41.5 Å². The van der Waals surface area contributed by atoms with Crippen LogP contribution in [-0.4, -0.2) is 23.6 Å². The molecular formula is C11H10BClO3S. The van der Waals surface area contributed by atoms with Crippen molar-refractivity contribution < 1.29 is 14.7 Å². The van der Waals surface area contributed by atoms with Gasteiger partial charge in [-0.25, -0.2) is 0 Å². The van der Waals surface area contributed by atoms with E-state index in [4.69, 9.17) is 26.3 Å². The standard InChI is InChI=1S/C11H10BClO3S/c1-17-11-8-5-3-2-4-7(8)6-9(13)10(11)16-12(14)15/h2-6,14-15H,1H3. The van der Waals surface area contributed by atoms with Crippen LogP contribution in [-0.2, 0) is 0 Å². The molecule has 3 nitrogen and oxygen atoms in total. The molecule has 0 amide bonds. The SMILES string of the molecule is CSc1c(OB(O)O)c(Cl)cc2ccccc12. The number of hydrogen-bond donors (Lipinski definition) is 2. The van der Waals surface area contributed by atoms with Crippen LogP contribution in [0, 0.1) is 0 Å². The quantitative estimate of drug-likeness (QED) is 0.663. The van der Waals surface area contributed by atoms with E-state index in [-0.39, 0.29) is 0 Å². The van der Waals surface area contributed by atoms with Crippen molar-refractivity contribution in [3.8, 4) is 5.75 Å². The maximum atomic E-state index is 8.89. The van der Waals surface area contributed by atoms with Crippen molar-refractivity contribution in [3.63, 3.8) is 0 Å². The molecule has 2 aromatic rings. The van der Waals surface area contributed by atoms with Gasteiger partial charge in [0, 0.05) is 0 Å². The third kappa shape index (κ3) is 2.52. The summed E-state index contributed by atoms with van der Waals surface area (Å²) in [5.74, 6) is 0.299. The Labute approximate surface area is 109 Å². The zero-order valence-electron chi connectivity index (χ0n) is 9.05. The smallest absolute Gasteiger partial charge is 0.510 e. The van der Waals surface area contributed by atoms with Gasteiger partial charge in [-0.2, -0.15) is 0 Å². The summed E-state index contributed by atoms with van der Waals surface area (Å²) >= 11 is 7.52. The molecule has 17 heavy (non-hydrogen) atoms. The number of thioether (sulfide) groups is 1. The Bertz CT molecular complexity index is 547. The Morgan fingerprint density at radius 3 is 2.65 bits per heavy atom. The van der Waals surface area contributed by atoms with Crippen molar-refractivity contribution in [1.29, 1.82) is 0 Å². The van der Waals surface area contributed by atoms with Gasteiger partial charge >= 0.3 is 7.32 Å². The molecule has 0 saturated heterocycles. The minimum absolute atomic E-state index is 0.299. The first-order valence-electron chi connectivity index (χ1n) is 4.91. The molecule has 0 aliphatic heterocycles. The van der Waals surface area contributed by atoms with E-state index in [9.17, 15) is 0 Å². The lowest BCUT2D eigenvalue weighted by molar-refractivity contribution is 0.285. The van der Waals surface area contributed by atoms with Crippen molar-refractivity contribution in [1.82, 2.24) is 0 Å². The van der Waals surface area contributed by atoms with Crippen LogP contribution in [0.25, 0.3) is 10.8 Å². The van der Waals surface area contributed by atoms with Crippen LogP contribution in [0.15, 0.2) is 35.2 Å². The van der Waals surface area contributed by atoms with Gasteiger partial charge in [-0.3, -0.25) is 0 Å². The van der Waals surface area contributed by atoms with E-state index in [1.54, 1.807) is 6.07 Å². The average Bonchev–Trinajstić information content (AvgIpc) is 2.29. The molecule has 0 bridgehead atoms. The van der Waals surface area contributed by atoms with Crippen molar-refractivity contribution in [3.05, 3.63) is 35.4 Å². The van der Waals surface area contributed by atoms with Crippen LogP contribution in [0.3, 0.4) is 0 Å². The summed E-state index contributed by atoms with van der Waals surface area (Å²) in [6.07, 6.45) is 1.88. The molecule has 6 heteroatoms. The Morgan fingerprint density at radius 2 is 2.00 bits per heavy atom. The molecule has 0 atom stereocenters. The number of benzene rings is 2. The maximum absolute atomic E-state index is 8.89. The highest BCUT2D eigenvalue weighted by atomic mass is 35.5. The predicted octanol–water partition coefficient (Wildman–Crippen LogP) is 2.56. The minimum atomic E-state index is -1.88. The van der Waals surface area contributed by atoms with Crippen LogP contribution in [0.4, 0.5) is 0 Å². The Balaban J connectivity index is 2.69. The van der Waals surface area contributed by atoms with E-state index in [0.717, 1.165) is 15.7 Å². The minimum Gasteiger partial charge on any atom is -0.510 e. The first-order chi connectivity index (χ1) is 8.13. The van der Waals surface area contributed by atoms with Gasteiger partial charge in [-0.15, -0.1) is 11.8 Å². The van der Waals surface area contributed by atoms with E-state index in [0.29, 0.717) is 10.8 Å². The molecule has 0 aliphatic rings. The fourth-order valence-electron chi connectivity index (χ4n) is 1.68. The Hall–Kier alpha value is -0.875. The highest BCUT2D eigenvalue weighted by molar-refractivity contribution is 7.99. The second kappa shape index (κ2) is 5.18. The van der Waals surface area contributed by atoms with Gasteiger partial charge in [-0.05, 0) is 23.1 Å². The van der Waals surface area contributed by atoms with Crippen LogP contribution < -0.4 is 4.65 Å². The van der Waals surface area contributed by atoms with Gasteiger partial charge in [0.2, 0.25) is 0 Å². The van der Waals surface area contributed by atoms with E-state index < -0.39 is 7.32 Å². The van der Waals surface area contributed by atoms with Gasteiger partial charge in [-0.1, -0.05) is 35.9 Å². The summed E-state index contributed by atoms with van der Waals surface area (Å²) in [7, 11) is -1.88. The molecular weight excluding hydrogens is 258 g/mol. The second-order valence-electron chi connectivity index (χ2n) is 3.39. The highest BCUT2D eigenvalue weighted by Gasteiger charge is 2.19. The predicted molar refractivity (Wildman–Crippen MR) is 71.6 cm³/mol. The van der Waals surface area contributed by atoms with E-state index >= 15 is 0 Å². The molecule has 0 aliphatic carbocycles. The summed E-state index contributed by atoms with van der Waals surface area (Å²) in [6.45, 7) is 0. The van der Waals surface area contributed by atoms with Gasteiger partial charge in [0.05, 0.1) is 9.92 Å². The number of rotatable bonds is 3. The molecule has 2 aromatic carbocycles. The van der Waals surface area contributed by atoms with Crippen molar-refractivity contribution in [2.75, 3.05) is 6.26 Å². The maximum Gasteiger partial charge on any atom is 0.707 e. The molecule has 0 heterocycles. The van der Waals surface area contributed by atoms with Crippen LogP contribution in [0.2, 0.25) is 5.02 Å². The summed E-state index contributed by atoms with van der Waals surface area (Å²) in [5.41, 5.74) is 0. The van der Waals surface area contributed by atoms with Crippen LogP contribution >= 0.6 is 23.4 Å². The summed E-state index contributed by atoms with van der Waals surface area (Å²) < 4.78 is 4.93. The third-order valence-corrected chi connectivity index (χ3v) is 3.43. The van der Waals surface area contributed by atoms with E-state index in [1.165, 1.54) is 11.8 Å². The first-order valence-corrected chi connectivity index (χ1v) is 6.51. The zero-order chi connectivity index (χ0) is 12.4. The van der Waals surface area contributed by atoms with Gasteiger partial charge in [0.15, 0.2) is 0 Å². The molecule has 2 rings (SSSR count). The normalized spacial score (nSPS) is 10.6. The molecule has 0 saturated carbocycles. The average molecular weight is 269 g/mol. The fraction of sp³-hybridized carbons (Fsp3) is 0.0909. The van der Waals surface area contributed by atoms with Crippen LogP contribution in [0.5, 0.6) is 5.75 Å². The molecule has 0 fully saturated rings. The lowest BCUT2D eigenvalue weighted by Gasteiger charge is -2.14. The van der Waals surface area contributed by atoms with Crippen molar-refractivity contribution in [2.24, 2.45) is 0 Å². The number of hydrogen-bond acceptors (Lipinski definition) is 4. The largest absolute Gasteiger partial charge is 0.707 e. The lowest BCUT2D eigenvalue weighted by atomic mass is 10.1. The summed E-state index contributed by atoms with van der Waals surface area (Å²) in [6, 6.07) is 9.46.